The van der Waals surface area contributed by atoms with Crippen molar-refractivity contribution in [1.29, 1.82) is 0 Å². The molecule has 0 spiro atoms. The molecule has 0 aliphatic carbocycles. The van der Waals surface area contributed by atoms with Gasteiger partial charge in [-0.3, -0.25) is 4.79 Å². The number of carboxylic acid groups (broad SMARTS) is 1. The number of hydrogen-bond donors (Lipinski definition) is 1. The van der Waals surface area contributed by atoms with E-state index in [0.29, 0.717) is 0 Å². The molecule has 0 aliphatic rings. The molecule has 2 nitrogen and oxygen atoms in total. The maximum Gasteiger partial charge on any atom is 0.303 e. The summed E-state index contributed by atoms with van der Waals surface area (Å²) in [5, 5.41) is 8.45. The van der Waals surface area contributed by atoms with Gasteiger partial charge in [0.15, 0.2) is 0 Å². The van der Waals surface area contributed by atoms with Crippen LogP contribution in [0, 0.1) is 6.92 Å². The Hall–Kier alpha value is -1.31. The van der Waals surface area contributed by atoms with Crippen molar-refractivity contribution < 1.29 is 9.90 Å². The minimum atomic E-state index is -0.700. The van der Waals surface area contributed by atoms with Gasteiger partial charge in [0.25, 0.3) is 0 Å². The topological polar surface area (TPSA) is 37.3 Å². The van der Waals surface area contributed by atoms with Crippen LogP contribution in [0.1, 0.15) is 50.7 Å². The van der Waals surface area contributed by atoms with Gasteiger partial charge in [-0.1, -0.05) is 50.1 Å². The van der Waals surface area contributed by atoms with Crippen LogP contribution in [0.4, 0.5) is 0 Å². The third-order valence-corrected chi connectivity index (χ3v) is 2.23. The molecule has 0 radical (unpaired) electrons. The van der Waals surface area contributed by atoms with E-state index in [1.165, 1.54) is 17.5 Å². The van der Waals surface area contributed by atoms with Crippen molar-refractivity contribution in [3.05, 3.63) is 35.4 Å². The van der Waals surface area contributed by atoms with E-state index in [2.05, 4.69) is 45.0 Å². The van der Waals surface area contributed by atoms with Gasteiger partial charge in [-0.15, -0.1) is 0 Å². The number of unbranched alkanes of at least 4 members (excludes halogenated alkanes) is 1. The second-order valence-electron chi connectivity index (χ2n) is 4.29. The van der Waals surface area contributed by atoms with Crippen LogP contribution >= 0.6 is 0 Å². The fourth-order valence-corrected chi connectivity index (χ4v) is 1.36. The van der Waals surface area contributed by atoms with Gasteiger partial charge in [0.05, 0.1) is 0 Å². The van der Waals surface area contributed by atoms with Crippen LogP contribution in [0.15, 0.2) is 24.3 Å². The molecule has 0 amide bonds. The lowest BCUT2D eigenvalue weighted by Crippen LogP contribution is -1.94. The molecule has 1 aromatic rings. The highest BCUT2D eigenvalue weighted by atomic mass is 16.4. The van der Waals surface area contributed by atoms with Crippen LogP contribution in [-0.4, -0.2) is 11.1 Å². The van der Waals surface area contributed by atoms with Crippen LogP contribution in [0.5, 0.6) is 0 Å². The van der Waals surface area contributed by atoms with Gasteiger partial charge in [0.2, 0.25) is 0 Å². The van der Waals surface area contributed by atoms with E-state index in [0.717, 1.165) is 19.3 Å². The molecule has 0 aromatic heterocycles. The molecule has 0 heterocycles. The fraction of sp³-hybridized carbons (Fsp3) is 0.533. The molecule has 0 bridgehead atoms. The zero-order chi connectivity index (χ0) is 13.1. The van der Waals surface area contributed by atoms with Gasteiger partial charge < -0.3 is 5.11 Å². The molecule has 0 atom stereocenters. The molecular weight excluding hydrogens is 212 g/mol. The first-order valence-electron chi connectivity index (χ1n) is 6.37. The molecule has 2 heteroatoms. The molecule has 0 saturated heterocycles. The van der Waals surface area contributed by atoms with E-state index in [1.54, 1.807) is 0 Å². The number of carbonyl (C=O) groups is 1. The summed E-state index contributed by atoms with van der Waals surface area (Å²) in [4.78, 5) is 10.3. The minimum absolute atomic E-state index is 0.284. The van der Waals surface area contributed by atoms with Gasteiger partial charge in [-0.05, 0) is 31.7 Å². The van der Waals surface area contributed by atoms with Crippen LogP contribution in [0.3, 0.4) is 0 Å². The highest BCUT2D eigenvalue weighted by molar-refractivity contribution is 5.66. The quantitative estimate of drug-likeness (QED) is 0.778. The number of aryl methyl sites for hydroxylation is 2. The highest BCUT2D eigenvalue weighted by Crippen LogP contribution is 2.08. The Morgan fingerprint density at radius 1 is 1.12 bits per heavy atom. The Labute approximate surface area is 105 Å². The summed E-state index contributed by atoms with van der Waals surface area (Å²) in [6.45, 7) is 6.31. The number of benzene rings is 1. The lowest BCUT2D eigenvalue weighted by atomic mass is 10.1. The normalized spacial score (nSPS) is 9.35. The van der Waals surface area contributed by atoms with Crippen LogP contribution in [-0.2, 0) is 11.2 Å². The number of hydrogen-bond acceptors (Lipinski definition) is 1. The lowest BCUT2D eigenvalue weighted by molar-refractivity contribution is -0.137. The minimum Gasteiger partial charge on any atom is -0.481 e. The largest absolute Gasteiger partial charge is 0.481 e. The van der Waals surface area contributed by atoms with Crippen molar-refractivity contribution in [3.8, 4) is 0 Å². The molecule has 0 aliphatic heterocycles. The Balaban J connectivity index is 0.000000770. The smallest absolute Gasteiger partial charge is 0.303 e. The van der Waals surface area contributed by atoms with E-state index in [9.17, 15) is 4.79 Å². The van der Waals surface area contributed by atoms with E-state index in [4.69, 9.17) is 5.11 Å². The van der Waals surface area contributed by atoms with Crippen molar-refractivity contribution in [3.63, 3.8) is 0 Å². The molecule has 1 N–H and O–H groups in total. The maximum absolute atomic E-state index is 10.3. The van der Waals surface area contributed by atoms with Gasteiger partial charge in [0, 0.05) is 6.42 Å². The zero-order valence-corrected chi connectivity index (χ0v) is 11.2. The number of carboxylic acids is 1. The molecule has 96 valence electrons. The summed E-state index contributed by atoms with van der Waals surface area (Å²) >= 11 is 0. The average Bonchev–Trinajstić information content (AvgIpc) is 2.28. The van der Waals surface area contributed by atoms with Crippen molar-refractivity contribution in [1.82, 2.24) is 0 Å². The molecule has 17 heavy (non-hydrogen) atoms. The van der Waals surface area contributed by atoms with Crippen LogP contribution < -0.4 is 0 Å². The Kier molecular flexibility index (Phi) is 9.12. The SMILES string of the molecule is CCC.Cc1ccc(CCCCC(=O)O)cc1. The van der Waals surface area contributed by atoms with Crippen molar-refractivity contribution in [2.75, 3.05) is 0 Å². The first-order valence-corrected chi connectivity index (χ1v) is 6.37. The van der Waals surface area contributed by atoms with Crippen LogP contribution in [0.25, 0.3) is 0 Å². The highest BCUT2D eigenvalue weighted by Gasteiger charge is 1.97. The predicted octanol–water partition coefficient (Wildman–Crippen LogP) is 4.21. The average molecular weight is 236 g/mol. The van der Waals surface area contributed by atoms with Gasteiger partial charge in [0.1, 0.15) is 0 Å². The molecule has 1 aromatic carbocycles. The molecule has 0 saturated carbocycles. The van der Waals surface area contributed by atoms with E-state index < -0.39 is 5.97 Å². The monoisotopic (exact) mass is 236 g/mol. The summed E-state index contributed by atoms with van der Waals surface area (Å²) in [6, 6.07) is 8.39. The van der Waals surface area contributed by atoms with Crippen molar-refractivity contribution in [2.24, 2.45) is 0 Å². The summed E-state index contributed by atoms with van der Waals surface area (Å²) in [5.74, 6) is -0.700. The summed E-state index contributed by atoms with van der Waals surface area (Å²) in [6.07, 6.45) is 4.23. The first kappa shape index (κ1) is 15.7. The Morgan fingerprint density at radius 3 is 2.12 bits per heavy atom. The lowest BCUT2D eigenvalue weighted by Gasteiger charge is -2.00. The van der Waals surface area contributed by atoms with Crippen LogP contribution in [0.2, 0.25) is 0 Å². The van der Waals surface area contributed by atoms with E-state index in [-0.39, 0.29) is 6.42 Å². The summed E-state index contributed by atoms with van der Waals surface area (Å²) in [7, 11) is 0. The Bertz CT molecular complexity index is 301. The second-order valence-corrected chi connectivity index (χ2v) is 4.29. The molecule has 0 fully saturated rings. The predicted molar refractivity (Wildman–Crippen MR) is 72.3 cm³/mol. The fourth-order valence-electron chi connectivity index (χ4n) is 1.36. The van der Waals surface area contributed by atoms with Gasteiger partial charge >= 0.3 is 5.97 Å². The third-order valence-electron chi connectivity index (χ3n) is 2.23. The van der Waals surface area contributed by atoms with E-state index >= 15 is 0 Å². The molecular formula is C15H24O2. The zero-order valence-electron chi connectivity index (χ0n) is 11.2. The third kappa shape index (κ3) is 9.61. The van der Waals surface area contributed by atoms with Gasteiger partial charge in [-0.25, -0.2) is 0 Å². The second kappa shape index (κ2) is 9.88. The Morgan fingerprint density at radius 2 is 1.65 bits per heavy atom. The van der Waals surface area contributed by atoms with Crippen molar-refractivity contribution >= 4 is 5.97 Å². The van der Waals surface area contributed by atoms with Crippen molar-refractivity contribution in [2.45, 2.75) is 52.9 Å². The van der Waals surface area contributed by atoms with E-state index in [1.807, 2.05) is 0 Å². The van der Waals surface area contributed by atoms with Gasteiger partial charge in [-0.2, -0.15) is 0 Å². The first-order chi connectivity index (χ1) is 8.10. The number of rotatable bonds is 5. The maximum atomic E-state index is 10.3. The summed E-state index contributed by atoms with van der Waals surface area (Å²) < 4.78 is 0. The standard InChI is InChI=1S/C12H16O2.C3H8/c1-10-6-8-11(9-7-10)4-2-3-5-12(13)14;1-3-2/h6-9H,2-5H2,1H3,(H,13,14);3H2,1-2H3. The summed E-state index contributed by atoms with van der Waals surface area (Å²) in [5.41, 5.74) is 2.56. The molecule has 1 rings (SSSR count). The number of aliphatic carboxylic acids is 1. The molecule has 0 unspecified atom stereocenters.